The zero-order valence-corrected chi connectivity index (χ0v) is 62.5. The number of para-hydroxylation sites is 4. The van der Waals surface area contributed by atoms with Crippen molar-refractivity contribution < 1.29 is 17.8 Å². The molecular weight excluding hydrogens is 1310 g/mol. The summed E-state index contributed by atoms with van der Waals surface area (Å²) in [6.07, 6.45) is 0. The number of fused-ring (bicyclic) bond motifs is 13. The summed E-state index contributed by atoms with van der Waals surface area (Å²) in [4.78, 5) is 4.60. The van der Waals surface area contributed by atoms with E-state index >= 15 is 0 Å². The molecule has 0 bridgehead atoms. The molecule has 5 heterocycles. The smallest absolute Gasteiger partial charge is 0.252 e. The van der Waals surface area contributed by atoms with E-state index in [1.54, 1.807) is 10.6 Å². The maximum Gasteiger partial charge on any atom is 0.252 e. The summed E-state index contributed by atoms with van der Waals surface area (Å²) in [7, 11) is 0. The van der Waals surface area contributed by atoms with E-state index in [1.165, 1.54) is 11.1 Å². The van der Waals surface area contributed by atoms with Gasteiger partial charge in [-0.2, -0.15) is 5.26 Å². The lowest BCUT2D eigenvalue weighted by atomic mass is 9.33. The number of aromatic nitrogens is 3. The highest BCUT2D eigenvalue weighted by molar-refractivity contribution is 7.00. The Labute approximate surface area is 652 Å². The molecule has 7 heteroatoms. The zero-order chi connectivity index (χ0) is 85.3. The van der Waals surface area contributed by atoms with Gasteiger partial charge in [-0.15, -0.1) is 0 Å². The molecule has 2 aliphatic heterocycles. The van der Waals surface area contributed by atoms with Crippen LogP contribution < -0.4 is 26.2 Å². The van der Waals surface area contributed by atoms with Crippen LogP contribution in [0.15, 0.2) is 297 Å². The topological polar surface area (TPSA) is 45.1 Å². The molecule has 108 heavy (non-hydrogen) atoms. The second kappa shape index (κ2) is 24.3. The van der Waals surface area contributed by atoms with Crippen molar-refractivity contribution in [1.29, 1.82) is 5.26 Å². The van der Waals surface area contributed by atoms with Gasteiger partial charge in [0.05, 0.1) is 67.9 Å². The molecule has 2 aliphatic rings. The lowest BCUT2D eigenvalue weighted by molar-refractivity contribution is 0.590. The first-order chi connectivity index (χ1) is 57.5. The predicted molar refractivity (Wildman–Crippen MR) is 459 cm³/mol. The second-order valence-corrected chi connectivity index (χ2v) is 33.1. The van der Waals surface area contributed by atoms with Crippen molar-refractivity contribution in [3.05, 3.63) is 325 Å². The van der Waals surface area contributed by atoms with Crippen LogP contribution in [0.4, 0.5) is 34.1 Å². The highest BCUT2D eigenvalue weighted by atomic mass is 15.2. The van der Waals surface area contributed by atoms with Crippen molar-refractivity contribution in [2.24, 2.45) is 0 Å². The lowest BCUT2D eigenvalue weighted by Crippen LogP contribution is -2.61. The predicted octanol–water partition coefficient (Wildman–Crippen LogP) is 25.1. The third-order valence-corrected chi connectivity index (χ3v) is 22.4. The number of nitriles is 1. The number of anilines is 6. The molecule has 0 spiro atoms. The van der Waals surface area contributed by atoms with Crippen molar-refractivity contribution in [3.8, 4) is 56.5 Å². The van der Waals surface area contributed by atoms with Crippen LogP contribution in [0.1, 0.15) is 129 Å². The van der Waals surface area contributed by atoms with Crippen molar-refractivity contribution in [2.75, 3.05) is 9.80 Å². The molecule has 14 aromatic carbocycles. The lowest BCUT2D eigenvalue weighted by Gasteiger charge is -2.46. The number of nitrogens with zero attached hydrogens (tertiary/aromatic N) is 6. The quantitative estimate of drug-likeness (QED) is 0.142. The molecule has 0 radical (unpaired) electrons. The fraction of sp³-hybridized carbons (Fsp3) is 0.158. The molecule has 6 nitrogen and oxygen atoms in total. The normalized spacial score (nSPS) is 14.8. The molecule has 3 aromatic heterocycles. The van der Waals surface area contributed by atoms with Crippen LogP contribution in [0.5, 0.6) is 0 Å². The van der Waals surface area contributed by atoms with Crippen LogP contribution >= 0.6 is 0 Å². The van der Waals surface area contributed by atoms with E-state index < -0.39 is 84.0 Å². The minimum atomic E-state index is -0.676. The molecule has 0 fully saturated rings. The Morgan fingerprint density at radius 1 is 0.306 bits per heavy atom. The van der Waals surface area contributed by atoms with Gasteiger partial charge in [-0.25, -0.2) is 0 Å². The van der Waals surface area contributed by atoms with Gasteiger partial charge >= 0.3 is 0 Å². The van der Waals surface area contributed by atoms with Gasteiger partial charge in [-0.3, -0.25) is 0 Å². The van der Waals surface area contributed by atoms with Gasteiger partial charge in [0, 0.05) is 83.3 Å². The fourth-order valence-electron chi connectivity index (χ4n) is 16.8. The minimum absolute atomic E-state index is 0.0258. The molecule has 0 amide bonds. The SMILES string of the molecule is [2H]c1c([2H])c([2H])c(-c2cccc(-c3cc(C(C)(C)C)cc(-c4ccccc4)c3N3c4cc(-n5c6c([2H])c([2H])c([2H])c([2H])c6c6c([2H])c([2H])c([2H])c([2H])c65)ccc4B4c5ccc(-n6c7ccc(C(C)(C)C)cc7c7cc(C(C)(C)C)ccc76)cc5N(c5cc(-n6c7ccccc7c7ccccc76)ccc5C#N)c5cc(C(C)(C)C)cc3c54)c2)c([2H])c1[2H]. The van der Waals surface area contributed by atoms with Crippen LogP contribution in [0.25, 0.3) is 116 Å². The third kappa shape index (κ3) is 10.5. The van der Waals surface area contributed by atoms with Crippen molar-refractivity contribution in [2.45, 2.75) is 105 Å². The average Bonchev–Trinajstić information content (AvgIpc) is 1.70. The van der Waals surface area contributed by atoms with Crippen LogP contribution in [0.3, 0.4) is 0 Å². The molecule has 0 saturated heterocycles. The Morgan fingerprint density at radius 3 is 1.29 bits per heavy atom. The zero-order valence-electron chi connectivity index (χ0n) is 75.5. The minimum Gasteiger partial charge on any atom is -0.310 e. The largest absolute Gasteiger partial charge is 0.310 e. The number of benzene rings is 14. The molecule has 0 saturated carbocycles. The summed E-state index contributed by atoms with van der Waals surface area (Å²) >= 11 is 0. The monoisotopic (exact) mass is 1410 g/mol. The molecular formula is C101H85BN6. The standard InChI is InChI=1S/C101H85BN6/c1-98(2,3)68-43-50-89-81(53-68)82-54-69(99(4,5)6)44-51-90(82)106(89)73-46-48-83-92(60-73)107(91-59-72(45-42-67(91)62-103)104-85-38-23-19-34-75(85)76-35-20-24-39-86(76)104)94-57-71(101(10,11)12)58-95-96(94)102(83)84-49-47-74(105-87-40-25-21-36-77(87)78-37-22-26-41-88(78)105)61-93(84)108(95)97-79(64-30-17-14-18-31-64)55-70(100(7,8)9)56-80(97)66-33-27-32-65(52-66)63-28-15-13-16-29-63/h13-61H,1-12H3/i13D,15D,16D,21D,22D,25D,26D,28D,29D,36D,37D,40D,41D. The molecule has 0 aliphatic carbocycles. The summed E-state index contributed by atoms with van der Waals surface area (Å²) in [5.41, 5.74) is 19.0. The summed E-state index contributed by atoms with van der Waals surface area (Å²) in [5.74, 6) is 0. The van der Waals surface area contributed by atoms with Gasteiger partial charge in [0.15, 0.2) is 0 Å². The van der Waals surface area contributed by atoms with E-state index in [1.807, 2.05) is 60.7 Å². The van der Waals surface area contributed by atoms with E-state index in [9.17, 15) is 16.2 Å². The van der Waals surface area contributed by atoms with Gasteiger partial charge in [-0.1, -0.05) is 259 Å². The van der Waals surface area contributed by atoms with Crippen molar-refractivity contribution in [1.82, 2.24) is 13.7 Å². The van der Waals surface area contributed by atoms with E-state index in [0.717, 1.165) is 111 Å². The Hall–Kier alpha value is -12.4. The van der Waals surface area contributed by atoms with Crippen LogP contribution in [-0.4, -0.2) is 20.4 Å². The number of rotatable bonds is 8. The highest BCUT2D eigenvalue weighted by Crippen LogP contribution is 2.54. The second-order valence-electron chi connectivity index (χ2n) is 33.1. The maximum atomic E-state index is 12.1. The van der Waals surface area contributed by atoms with Gasteiger partial charge in [0.25, 0.3) is 6.71 Å². The number of hydrogen-bond donors (Lipinski definition) is 0. The number of hydrogen-bond acceptors (Lipinski definition) is 3. The van der Waals surface area contributed by atoms with Crippen molar-refractivity contribution >= 4 is 123 Å². The van der Waals surface area contributed by atoms with Gasteiger partial charge in [-0.05, 0) is 204 Å². The van der Waals surface area contributed by atoms with E-state index in [4.69, 9.17) is 6.85 Å². The summed E-state index contributed by atoms with van der Waals surface area (Å²) in [6.45, 7) is 25.8. The van der Waals surface area contributed by atoms with Crippen LogP contribution in [0.2, 0.25) is 0 Å². The first kappa shape index (κ1) is 53.4. The molecule has 0 atom stereocenters. The van der Waals surface area contributed by atoms with Gasteiger partial charge < -0.3 is 23.5 Å². The van der Waals surface area contributed by atoms with E-state index in [2.05, 4.69) is 260 Å². The summed E-state index contributed by atoms with van der Waals surface area (Å²) in [6, 6.07) is 72.3. The van der Waals surface area contributed by atoms with E-state index in [-0.39, 0.29) is 50.3 Å². The molecule has 0 N–H and O–H groups in total. The third-order valence-electron chi connectivity index (χ3n) is 22.4. The average molecular weight is 1410 g/mol. The van der Waals surface area contributed by atoms with Crippen LogP contribution in [0, 0.1) is 11.3 Å². The Balaban J connectivity index is 1.00. The first-order valence-electron chi connectivity index (χ1n) is 43.6. The fourth-order valence-corrected chi connectivity index (χ4v) is 16.8. The van der Waals surface area contributed by atoms with Gasteiger partial charge in [0.1, 0.15) is 6.07 Å². The maximum absolute atomic E-state index is 12.1. The van der Waals surface area contributed by atoms with Gasteiger partial charge in [0.2, 0.25) is 0 Å². The van der Waals surface area contributed by atoms with Crippen molar-refractivity contribution in [3.63, 3.8) is 0 Å². The Bertz CT molecular complexity index is 7240. The molecule has 17 aromatic rings. The Kier molecular flexibility index (Phi) is 12.0. The highest BCUT2D eigenvalue weighted by Gasteiger charge is 2.46. The summed E-state index contributed by atoms with van der Waals surface area (Å²) in [5, 5.41) is 16.3. The Morgan fingerprint density at radius 2 is 0.741 bits per heavy atom. The van der Waals surface area contributed by atoms with E-state index in [0.29, 0.717) is 45.0 Å². The molecule has 19 rings (SSSR count). The summed E-state index contributed by atoms with van der Waals surface area (Å²) < 4.78 is 128. The first-order valence-corrected chi connectivity index (χ1v) is 37.1. The van der Waals surface area contributed by atoms with Crippen LogP contribution in [-0.2, 0) is 21.7 Å². The molecule has 522 valence electrons. The molecule has 0 unspecified atom stereocenters.